The quantitative estimate of drug-likeness (QED) is 0.266. The first kappa shape index (κ1) is 26.9. The highest BCUT2D eigenvalue weighted by Crippen LogP contribution is 2.32. The molecule has 0 spiro atoms. The number of hydrogen-bond acceptors (Lipinski definition) is 7. The van der Waals surface area contributed by atoms with Crippen molar-refractivity contribution in [1.82, 2.24) is 4.57 Å². The Morgan fingerprint density at radius 3 is 2.39 bits per heavy atom. The average Bonchev–Trinajstić information content (AvgIpc) is 3.13. The molecule has 0 amide bonds. The highest BCUT2D eigenvalue weighted by atomic mass is 127. The van der Waals surface area contributed by atoms with Gasteiger partial charge in [-0.2, -0.15) is 0 Å². The number of halogens is 2. The molecule has 188 valence electrons. The first-order valence-electron chi connectivity index (χ1n) is 11.2. The van der Waals surface area contributed by atoms with Gasteiger partial charge in [-0.15, -0.1) is 0 Å². The van der Waals surface area contributed by atoms with E-state index in [2.05, 4.69) is 50.2 Å². The maximum Gasteiger partial charge on any atom is 0.338 e. The molecule has 1 atom stereocenters. The third kappa shape index (κ3) is 5.25. The molecule has 1 aromatic heterocycles. The van der Waals surface area contributed by atoms with E-state index in [4.69, 9.17) is 14.2 Å². The number of carbonyl (C=O) groups is 1. The molecule has 7 nitrogen and oxygen atoms in total. The fourth-order valence-corrected chi connectivity index (χ4v) is 7.33. The first-order chi connectivity index (χ1) is 17.3. The number of thiazole rings is 1. The van der Waals surface area contributed by atoms with Crippen LogP contribution in [-0.2, 0) is 9.53 Å². The minimum absolute atomic E-state index is 0.215. The van der Waals surface area contributed by atoms with Gasteiger partial charge in [0.15, 0.2) is 4.80 Å². The zero-order valence-corrected chi connectivity index (χ0v) is 25.3. The van der Waals surface area contributed by atoms with Crippen molar-refractivity contribution in [3.63, 3.8) is 0 Å². The molecule has 2 heterocycles. The Kier molecular flexibility index (Phi) is 8.56. The molecular formula is C26H24I2N2O5S. The molecular weight excluding hydrogens is 706 g/mol. The Labute approximate surface area is 239 Å². The fourth-order valence-electron chi connectivity index (χ4n) is 4.03. The van der Waals surface area contributed by atoms with Crippen LogP contribution in [0.25, 0.3) is 6.08 Å². The van der Waals surface area contributed by atoms with Crippen LogP contribution in [0.2, 0.25) is 0 Å². The zero-order chi connectivity index (χ0) is 26.0. The summed E-state index contributed by atoms with van der Waals surface area (Å²) in [5.74, 6) is 1.04. The number of hydrogen-bond donors (Lipinski definition) is 0. The predicted molar refractivity (Wildman–Crippen MR) is 156 cm³/mol. The van der Waals surface area contributed by atoms with Crippen molar-refractivity contribution in [3.8, 4) is 11.5 Å². The first-order valence-corrected chi connectivity index (χ1v) is 14.2. The van der Waals surface area contributed by atoms with Gasteiger partial charge >= 0.3 is 5.97 Å². The maximum absolute atomic E-state index is 13.8. The number of nitrogens with zero attached hydrogens (tertiary/aromatic N) is 2. The summed E-state index contributed by atoms with van der Waals surface area (Å²) >= 11 is 5.75. The van der Waals surface area contributed by atoms with Crippen LogP contribution in [0.1, 0.15) is 37.9 Å². The van der Waals surface area contributed by atoms with Gasteiger partial charge in [-0.3, -0.25) is 9.36 Å². The van der Waals surface area contributed by atoms with Gasteiger partial charge in [0.25, 0.3) is 5.56 Å². The van der Waals surface area contributed by atoms with Crippen molar-refractivity contribution >= 4 is 68.6 Å². The molecule has 2 aromatic carbocycles. The largest absolute Gasteiger partial charge is 0.495 e. The average molecular weight is 730 g/mol. The molecule has 36 heavy (non-hydrogen) atoms. The van der Waals surface area contributed by atoms with Crippen molar-refractivity contribution < 1.29 is 19.0 Å². The lowest BCUT2D eigenvalue weighted by Gasteiger charge is -2.24. The van der Waals surface area contributed by atoms with E-state index >= 15 is 0 Å². The molecule has 0 fully saturated rings. The van der Waals surface area contributed by atoms with E-state index in [1.165, 1.54) is 11.3 Å². The summed E-state index contributed by atoms with van der Waals surface area (Å²) in [6.45, 7) is 6.23. The van der Waals surface area contributed by atoms with Crippen molar-refractivity contribution in [1.29, 1.82) is 0 Å². The van der Waals surface area contributed by atoms with Crippen molar-refractivity contribution in [2.75, 3.05) is 20.3 Å². The van der Waals surface area contributed by atoms with E-state index in [-0.39, 0.29) is 12.2 Å². The number of fused-ring (bicyclic) bond motifs is 1. The molecule has 0 saturated heterocycles. The molecule has 0 unspecified atom stereocenters. The molecule has 0 radical (unpaired) electrons. The summed E-state index contributed by atoms with van der Waals surface area (Å²) in [6, 6.07) is 10.7. The molecule has 1 aliphatic rings. The summed E-state index contributed by atoms with van der Waals surface area (Å²) in [7, 11) is 1.64. The third-order valence-electron chi connectivity index (χ3n) is 5.55. The van der Waals surface area contributed by atoms with Gasteiger partial charge in [-0.1, -0.05) is 23.5 Å². The van der Waals surface area contributed by atoms with Gasteiger partial charge in [0.1, 0.15) is 11.5 Å². The molecule has 0 N–H and O–H groups in total. The van der Waals surface area contributed by atoms with E-state index in [0.29, 0.717) is 27.2 Å². The number of benzene rings is 2. The molecule has 0 bridgehead atoms. The smallest absolute Gasteiger partial charge is 0.338 e. The van der Waals surface area contributed by atoms with Crippen molar-refractivity contribution in [2.45, 2.75) is 26.8 Å². The highest BCUT2D eigenvalue weighted by molar-refractivity contribution is 14.1. The standard InChI is InChI=1S/C26H24I2N2O5S/c1-5-34-17-9-7-16(8-10-17)22-21(25(32)35-6-2)14(3)29-26-30(22)24(31)20(36-26)13-15-11-18(27)23(33-4)19(28)12-15/h7-13,22H,5-6H2,1-4H3/b20-13-/t22-/m0/s1. The van der Waals surface area contributed by atoms with E-state index in [1.54, 1.807) is 25.5 Å². The normalized spacial score (nSPS) is 15.4. The second-order valence-electron chi connectivity index (χ2n) is 7.82. The molecule has 10 heteroatoms. The summed E-state index contributed by atoms with van der Waals surface area (Å²) < 4.78 is 20.4. The second-order valence-corrected chi connectivity index (χ2v) is 11.2. The van der Waals surface area contributed by atoms with Crippen molar-refractivity contribution in [3.05, 3.63) is 85.6 Å². The molecule has 1 aliphatic heterocycles. The highest BCUT2D eigenvalue weighted by Gasteiger charge is 2.33. The number of carbonyl (C=O) groups excluding carboxylic acids is 1. The number of allylic oxidation sites excluding steroid dienone is 1. The summed E-state index contributed by atoms with van der Waals surface area (Å²) in [5, 5.41) is 0. The van der Waals surface area contributed by atoms with Crippen LogP contribution < -0.4 is 24.4 Å². The minimum atomic E-state index is -0.658. The molecule has 0 saturated carbocycles. The SMILES string of the molecule is CCOC(=O)C1=C(C)N=c2s/c(=C\c3cc(I)c(OC)c(I)c3)c(=O)n2[C@H]1c1ccc(OCC)cc1. The van der Waals surface area contributed by atoms with Gasteiger partial charge in [-0.05, 0) is 107 Å². The van der Waals surface area contributed by atoms with Gasteiger partial charge in [0.2, 0.25) is 0 Å². The lowest BCUT2D eigenvalue weighted by atomic mass is 9.96. The second kappa shape index (κ2) is 11.5. The Hall–Kier alpha value is -2.19. The van der Waals surface area contributed by atoms with Crippen LogP contribution in [0.3, 0.4) is 0 Å². The predicted octanol–water partition coefficient (Wildman–Crippen LogP) is 4.41. The van der Waals surface area contributed by atoms with Crippen LogP contribution in [0.5, 0.6) is 11.5 Å². The van der Waals surface area contributed by atoms with Gasteiger partial charge in [-0.25, -0.2) is 9.79 Å². The Bertz CT molecular complexity index is 1500. The van der Waals surface area contributed by atoms with E-state index in [0.717, 1.165) is 29.8 Å². The number of ether oxygens (including phenoxy) is 3. The fraction of sp³-hybridized carbons (Fsp3) is 0.269. The van der Waals surface area contributed by atoms with E-state index in [1.807, 2.05) is 49.4 Å². The number of esters is 1. The van der Waals surface area contributed by atoms with Gasteiger partial charge in [0, 0.05) is 0 Å². The van der Waals surface area contributed by atoms with E-state index in [9.17, 15) is 9.59 Å². The number of methoxy groups -OCH3 is 1. The monoisotopic (exact) mass is 730 g/mol. The van der Waals surface area contributed by atoms with Crippen LogP contribution in [-0.4, -0.2) is 30.9 Å². The lowest BCUT2D eigenvalue weighted by molar-refractivity contribution is -0.139. The lowest BCUT2D eigenvalue weighted by Crippen LogP contribution is -2.39. The van der Waals surface area contributed by atoms with Crippen LogP contribution in [0, 0.1) is 7.14 Å². The Morgan fingerprint density at radius 1 is 1.14 bits per heavy atom. The molecule has 0 aliphatic carbocycles. The van der Waals surface area contributed by atoms with Gasteiger partial charge in [0.05, 0.1) is 49.3 Å². The summed E-state index contributed by atoms with van der Waals surface area (Å²) in [5.41, 5.74) is 2.33. The van der Waals surface area contributed by atoms with Gasteiger partial charge < -0.3 is 14.2 Å². The van der Waals surface area contributed by atoms with Crippen LogP contribution in [0.15, 0.2) is 57.5 Å². The molecule has 3 aromatic rings. The summed E-state index contributed by atoms with van der Waals surface area (Å²) in [4.78, 5) is 31.9. The molecule has 4 rings (SSSR count). The Balaban J connectivity index is 1.91. The minimum Gasteiger partial charge on any atom is -0.495 e. The third-order valence-corrected chi connectivity index (χ3v) is 8.13. The zero-order valence-electron chi connectivity index (χ0n) is 20.1. The summed E-state index contributed by atoms with van der Waals surface area (Å²) in [6.07, 6.45) is 1.85. The Morgan fingerprint density at radius 2 is 1.81 bits per heavy atom. The van der Waals surface area contributed by atoms with Crippen LogP contribution in [0.4, 0.5) is 0 Å². The number of rotatable bonds is 7. The maximum atomic E-state index is 13.8. The van der Waals surface area contributed by atoms with Crippen LogP contribution >= 0.6 is 56.5 Å². The van der Waals surface area contributed by atoms with Crippen molar-refractivity contribution in [2.24, 2.45) is 4.99 Å². The number of aromatic nitrogens is 1. The topological polar surface area (TPSA) is 79.1 Å². The van der Waals surface area contributed by atoms with E-state index < -0.39 is 12.0 Å².